The van der Waals surface area contributed by atoms with Crippen LogP contribution in [0.15, 0.2) is 6.20 Å². The standard InChI is InChI=1S/C21H33FN6O8/c22-10-3-5-14-13-28(27-26-14)12-4-7-17(29)23-11-2-1-6-15(19(32)33)24-21(36)25-16(20(34)35)8-9-18(30)31/h13,15-16H,1-12H2,(H,23,29)(H,30,31)(H,32,33)(H,34,35)(H2,24,25,36). The van der Waals surface area contributed by atoms with Crippen LogP contribution >= 0.6 is 0 Å². The Bertz CT molecular complexity index is 880. The van der Waals surface area contributed by atoms with Crippen LogP contribution in [0.3, 0.4) is 0 Å². The highest BCUT2D eigenvalue weighted by Crippen LogP contribution is 2.04. The monoisotopic (exact) mass is 516 g/mol. The van der Waals surface area contributed by atoms with Gasteiger partial charge in [-0.25, -0.2) is 14.4 Å². The van der Waals surface area contributed by atoms with E-state index in [1.54, 1.807) is 10.9 Å². The zero-order valence-corrected chi connectivity index (χ0v) is 19.8. The van der Waals surface area contributed by atoms with Crippen LogP contribution in [0, 0.1) is 0 Å². The summed E-state index contributed by atoms with van der Waals surface area (Å²) in [6.45, 7) is 0.382. The molecule has 0 radical (unpaired) electrons. The minimum Gasteiger partial charge on any atom is -0.481 e. The molecular weight excluding hydrogens is 483 g/mol. The molecule has 202 valence electrons. The number of rotatable bonds is 19. The van der Waals surface area contributed by atoms with E-state index in [2.05, 4.69) is 26.3 Å². The summed E-state index contributed by atoms with van der Waals surface area (Å²) in [5, 5.41) is 41.8. The maximum Gasteiger partial charge on any atom is 0.326 e. The molecule has 15 heteroatoms. The molecule has 0 aliphatic rings. The van der Waals surface area contributed by atoms with Crippen molar-refractivity contribution in [2.75, 3.05) is 13.2 Å². The number of carbonyl (C=O) groups excluding carboxylic acids is 2. The van der Waals surface area contributed by atoms with Crippen LogP contribution in [0.1, 0.15) is 57.1 Å². The minimum atomic E-state index is -1.47. The van der Waals surface area contributed by atoms with E-state index in [9.17, 15) is 33.5 Å². The number of amides is 3. The van der Waals surface area contributed by atoms with E-state index in [1.807, 2.05) is 0 Å². The molecule has 0 saturated heterocycles. The van der Waals surface area contributed by atoms with Gasteiger partial charge in [0, 0.05) is 32.1 Å². The van der Waals surface area contributed by atoms with Gasteiger partial charge in [0.1, 0.15) is 12.1 Å². The first-order valence-electron chi connectivity index (χ1n) is 11.6. The second kappa shape index (κ2) is 16.8. The molecule has 36 heavy (non-hydrogen) atoms. The van der Waals surface area contributed by atoms with Crippen LogP contribution in [0.4, 0.5) is 9.18 Å². The Balaban J connectivity index is 2.26. The molecule has 0 aliphatic carbocycles. The molecule has 3 amide bonds. The number of halogens is 1. The van der Waals surface area contributed by atoms with E-state index in [4.69, 9.17) is 10.2 Å². The highest BCUT2D eigenvalue weighted by atomic mass is 19.1. The molecule has 1 aromatic heterocycles. The average Bonchev–Trinajstić information content (AvgIpc) is 3.26. The first-order valence-corrected chi connectivity index (χ1v) is 11.6. The van der Waals surface area contributed by atoms with Gasteiger partial charge >= 0.3 is 23.9 Å². The van der Waals surface area contributed by atoms with Gasteiger partial charge in [0.15, 0.2) is 0 Å². The predicted molar refractivity (Wildman–Crippen MR) is 122 cm³/mol. The topological polar surface area (TPSA) is 213 Å². The van der Waals surface area contributed by atoms with Crippen LogP contribution in [-0.2, 0) is 32.1 Å². The normalized spacial score (nSPS) is 12.4. The zero-order chi connectivity index (χ0) is 26.9. The summed E-state index contributed by atoms with van der Waals surface area (Å²) in [4.78, 5) is 57.0. The Morgan fingerprint density at radius 2 is 1.58 bits per heavy atom. The van der Waals surface area contributed by atoms with E-state index in [-0.39, 0.29) is 25.2 Å². The first-order chi connectivity index (χ1) is 17.1. The average molecular weight is 517 g/mol. The fraction of sp³-hybridized carbons (Fsp3) is 0.667. The van der Waals surface area contributed by atoms with Crippen LogP contribution < -0.4 is 16.0 Å². The molecule has 2 atom stereocenters. The largest absolute Gasteiger partial charge is 0.481 e. The van der Waals surface area contributed by atoms with Gasteiger partial charge in [-0.1, -0.05) is 5.21 Å². The summed E-state index contributed by atoms with van der Waals surface area (Å²) >= 11 is 0. The fourth-order valence-corrected chi connectivity index (χ4v) is 3.14. The van der Waals surface area contributed by atoms with Gasteiger partial charge in [0.2, 0.25) is 5.91 Å². The smallest absolute Gasteiger partial charge is 0.326 e. The van der Waals surface area contributed by atoms with Crippen molar-refractivity contribution in [1.82, 2.24) is 30.9 Å². The molecule has 0 bridgehead atoms. The Morgan fingerprint density at radius 1 is 0.917 bits per heavy atom. The molecule has 1 aromatic rings. The summed E-state index contributed by atoms with van der Waals surface area (Å²) in [6.07, 6.45) is 3.43. The lowest BCUT2D eigenvalue weighted by Crippen LogP contribution is -2.51. The van der Waals surface area contributed by atoms with Crippen molar-refractivity contribution in [2.45, 2.75) is 76.4 Å². The molecule has 0 fully saturated rings. The lowest BCUT2D eigenvalue weighted by Gasteiger charge is -2.18. The van der Waals surface area contributed by atoms with Gasteiger partial charge in [-0.15, -0.1) is 5.10 Å². The number of carboxylic acids is 3. The number of hydrogen-bond acceptors (Lipinski definition) is 7. The van der Waals surface area contributed by atoms with Gasteiger partial charge in [0.05, 0.1) is 12.4 Å². The van der Waals surface area contributed by atoms with E-state index >= 15 is 0 Å². The van der Waals surface area contributed by atoms with Gasteiger partial charge in [0.25, 0.3) is 0 Å². The lowest BCUT2D eigenvalue weighted by molar-refractivity contribution is -0.140. The minimum absolute atomic E-state index is 0.0442. The number of nitrogens with one attached hydrogen (secondary N) is 3. The van der Waals surface area contributed by atoms with Crippen molar-refractivity contribution in [3.63, 3.8) is 0 Å². The zero-order valence-electron chi connectivity index (χ0n) is 19.8. The molecule has 2 unspecified atom stereocenters. The number of urea groups is 1. The highest BCUT2D eigenvalue weighted by molar-refractivity contribution is 5.86. The molecule has 1 heterocycles. The molecule has 6 N–H and O–H groups in total. The summed E-state index contributed by atoms with van der Waals surface area (Å²) in [5.74, 6) is -4.16. The van der Waals surface area contributed by atoms with Crippen molar-refractivity contribution in [3.8, 4) is 0 Å². The molecular formula is C21H33FN6O8. The van der Waals surface area contributed by atoms with E-state index < -0.39 is 49.1 Å². The molecule has 1 rings (SSSR count). The van der Waals surface area contributed by atoms with Crippen molar-refractivity contribution in [1.29, 1.82) is 0 Å². The third-order valence-corrected chi connectivity index (χ3v) is 5.04. The van der Waals surface area contributed by atoms with Crippen molar-refractivity contribution >= 4 is 29.8 Å². The first kappa shape index (κ1) is 30.3. The number of aliphatic carboxylic acids is 3. The second-order valence-corrected chi connectivity index (χ2v) is 8.05. The lowest BCUT2D eigenvalue weighted by atomic mass is 10.1. The third kappa shape index (κ3) is 13.2. The van der Waals surface area contributed by atoms with E-state index in [1.165, 1.54) is 0 Å². The van der Waals surface area contributed by atoms with Crippen LogP contribution in [-0.4, -0.2) is 85.5 Å². The van der Waals surface area contributed by atoms with Crippen LogP contribution in [0.25, 0.3) is 0 Å². The fourth-order valence-electron chi connectivity index (χ4n) is 3.14. The van der Waals surface area contributed by atoms with E-state index in [0.29, 0.717) is 50.9 Å². The maximum absolute atomic E-state index is 12.2. The Hall–Kier alpha value is -3.78. The van der Waals surface area contributed by atoms with Gasteiger partial charge in [-0.05, 0) is 44.9 Å². The van der Waals surface area contributed by atoms with Crippen molar-refractivity contribution in [2.24, 2.45) is 0 Å². The number of aryl methyl sites for hydroxylation is 2. The summed E-state index contributed by atoms with van der Waals surface area (Å²) in [6, 6.07) is -3.79. The third-order valence-electron chi connectivity index (χ3n) is 5.04. The number of unbranched alkanes of at least 4 members (excludes halogenated alkanes) is 1. The van der Waals surface area contributed by atoms with Gasteiger partial charge in [-0.2, -0.15) is 0 Å². The number of hydrogen-bond donors (Lipinski definition) is 6. The maximum atomic E-state index is 12.2. The molecule has 0 saturated carbocycles. The number of carbonyl (C=O) groups is 5. The molecule has 0 aliphatic heterocycles. The van der Waals surface area contributed by atoms with Crippen molar-refractivity contribution < 1.29 is 43.7 Å². The van der Waals surface area contributed by atoms with Crippen LogP contribution in [0.2, 0.25) is 0 Å². The Labute approximate surface area is 206 Å². The number of alkyl halides is 1. The number of carboxylic acid groups (broad SMARTS) is 3. The molecule has 0 aromatic carbocycles. The summed E-state index contributed by atoms with van der Waals surface area (Å²) in [5.41, 5.74) is 0.698. The Morgan fingerprint density at radius 3 is 2.19 bits per heavy atom. The highest BCUT2D eigenvalue weighted by Gasteiger charge is 2.24. The molecule has 0 spiro atoms. The molecule has 14 nitrogen and oxygen atoms in total. The van der Waals surface area contributed by atoms with Crippen molar-refractivity contribution in [3.05, 3.63) is 11.9 Å². The van der Waals surface area contributed by atoms with Crippen LogP contribution in [0.5, 0.6) is 0 Å². The summed E-state index contributed by atoms with van der Waals surface area (Å²) in [7, 11) is 0. The SMILES string of the molecule is O=C(O)CCC(NC(=O)NC(CCCCNC(=O)CCCn1cc(CCCF)nn1)C(=O)O)C(=O)O. The second-order valence-electron chi connectivity index (χ2n) is 8.05. The number of aromatic nitrogens is 3. The van der Waals surface area contributed by atoms with Gasteiger partial charge in [-0.3, -0.25) is 18.7 Å². The number of nitrogens with zero attached hydrogens (tertiary/aromatic N) is 3. The summed E-state index contributed by atoms with van der Waals surface area (Å²) < 4.78 is 13.8. The van der Waals surface area contributed by atoms with Gasteiger partial charge < -0.3 is 31.3 Å². The quantitative estimate of drug-likeness (QED) is 0.138. The van der Waals surface area contributed by atoms with E-state index in [0.717, 1.165) is 0 Å². The Kier molecular flexibility index (Phi) is 14.1. The predicted octanol–water partition coefficient (Wildman–Crippen LogP) is 0.317.